The van der Waals surface area contributed by atoms with Gasteiger partial charge in [-0.25, -0.2) is 8.51 Å². The molecular formula is C21H28Cl2N4O3S. The maximum Gasteiger partial charge on any atom is 0.240 e. The number of likely N-dealkylation sites (tertiary alicyclic amines) is 1. The second-order valence-corrected chi connectivity index (χ2v) is 9.47. The van der Waals surface area contributed by atoms with E-state index in [0.29, 0.717) is 10.0 Å². The third-order valence-electron chi connectivity index (χ3n) is 5.33. The molecule has 7 nitrogen and oxygen atoms in total. The van der Waals surface area contributed by atoms with Crippen molar-refractivity contribution in [2.24, 2.45) is 0 Å². The van der Waals surface area contributed by atoms with E-state index in [2.05, 4.69) is 28.4 Å². The lowest BCUT2D eigenvalue weighted by molar-refractivity contribution is -0.126. The Labute approximate surface area is 196 Å². The Morgan fingerprint density at radius 2 is 1.87 bits per heavy atom. The first kappa shape index (κ1) is 25.6. The van der Waals surface area contributed by atoms with E-state index in [-0.39, 0.29) is 43.5 Å². The number of terminal acetylenes is 1. The molecule has 2 atom stereocenters. The zero-order valence-electron chi connectivity index (χ0n) is 17.7. The Kier molecular flexibility index (Phi) is 10.3. The van der Waals surface area contributed by atoms with Gasteiger partial charge >= 0.3 is 0 Å². The van der Waals surface area contributed by atoms with Crippen LogP contribution in [0.1, 0.15) is 31.4 Å². The van der Waals surface area contributed by atoms with Crippen molar-refractivity contribution >= 4 is 46.0 Å². The molecule has 2 N–H and O–H groups in total. The summed E-state index contributed by atoms with van der Waals surface area (Å²) >= 11 is 12.7. The number of benzene rings is 1. The molecule has 1 heterocycles. The maximum atomic E-state index is 12.3. The fraction of sp³-hybridized carbons (Fsp3) is 0.524. The topological polar surface area (TPSA) is 81.8 Å². The largest absolute Gasteiger partial charge is 0.346 e. The highest BCUT2D eigenvalue weighted by Gasteiger charge is 2.31. The van der Waals surface area contributed by atoms with Gasteiger partial charge in [-0.1, -0.05) is 35.2 Å². The molecule has 2 unspecified atom stereocenters. The predicted octanol–water partition coefficient (Wildman–Crippen LogP) is 1.98. The molecule has 0 radical (unpaired) electrons. The van der Waals surface area contributed by atoms with Crippen LogP contribution < -0.4 is 10.6 Å². The maximum absolute atomic E-state index is 12.3. The molecule has 1 saturated heterocycles. The molecule has 0 saturated carbocycles. The lowest BCUT2D eigenvalue weighted by Crippen LogP contribution is -2.50. The quantitative estimate of drug-likeness (QED) is 0.522. The van der Waals surface area contributed by atoms with Gasteiger partial charge in [-0.3, -0.25) is 14.5 Å². The highest BCUT2D eigenvalue weighted by Crippen LogP contribution is 2.35. The monoisotopic (exact) mass is 486 g/mol. The molecule has 2 rings (SSSR count). The molecule has 1 fully saturated rings. The van der Waals surface area contributed by atoms with Gasteiger partial charge < -0.3 is 10.6 Å². The molecule has 1 aromatic rings. The van der Waals surface area contributed by atoms with Crippen LogP contribution in [0.5, 0.6) is 0 Å². The number of carbonyl (C=O) groups is 2. The molecule has 0 aliphatic carbocycles. The number of amides is 2. The minimum atomic E-state index is -1.32. The lowest BCUT2D eigenvalue weighted by atomic mass is 10.00. The van der Waals surface area contributed by atoms with Crippen LogP contribution in [0.25, 0.3) is 0 Å². The number of halogens is 2. The Bertz CT molecular complexity index is 833. The van der Waals surface area contributed by atoms with Crippen molar-refractivity contribution in [3.63, 3.8) is 0 Å². The molecule has 1 aliphatic rings. The number of nitrogens with zero attached hydrogens (tertiary/aromatic N) is 2. The molecule has 170 valence electrons. The summed E-state index contributed by atoms with van der Waals surface area (Å²) < 4.78 is 14.0. The van der Waals surface area contributed by atoms with E-state index in [1.165, 1.54) is 0 Å². The van der Waals surface area contributed by atoms with Crippen molar-refractivity contribution in [3.8, 4) is 12.3 Å². The summed E-state index contributed by atoms with van der Waals surface area (Å²) in [5, 5.41) is 6.30. The first-order chi connectivity index (χ1) is 14.7. The number of piperidine rings is 1. The van der Waals surface area contributed by atoms with Crippen LogP contribution in [0, 0.1) is 12.3 Å². The van der Waals surface area contributed by atoms with Crippen LogP contribution in [-0.2, 0) is 20.6 Å². The number of hydrogen-bond donors (Lipinski definition) is 2. The second-order valence-electron chi connectivity index (χ2n) is 7.34. The summed E-state index contributed by atoms with van der Waals surface area (Å²) in [5.41, 5.74) is 0.905. The summed E-state index contributed by atoms with van der Waals surface area (Å²) in [5.74, 6) is 1.57. The van der Waals surface area contributed by atoms with E-state index < -0.39 is 11.0 Å². The molecule has 1 aromatic carbocycles. The van der Waals surface area contributed by atoms with Gasteiger partial charge in [0.15, 0.2) is 0 Å². The first-order valence-corrected chi connectivity index (χ1v) is 12.3. The summed E-state index contributed by atoms with van der Waals surface area (Å²) in [6, 6.07) is 5.54. The van der Waals surface area contributed by atoms with E-state index in [4.69, 9.17) is 29.6 Å². The summed E-state index contributed by atoms with van der Waals surface area (Å²) in [6.45, 7) is 3.49. The highest BCUT2D eigenvalue weighted by molar-refractivity contribution is 7.81. The van der Waals surface area contributed by atoms with Crippen LogP contribution in [0.15, 0.2) is 18.2 Å². The summed E-state index contributed by atoms with van der Waals surface area (Å²) in [4.78, 5) is 26.1. The lowest BCUT2D eigenvalue weighted by Gasteiger charge is -2.39. The second kappa shape index (κ2) is 12.4. The van der Waals surface area contributed by atoms with Crippen molar-refractivity contribution in [2.75, 3.05) is 39.0 Å². The Balaban J connectivity index is 1.91. The highest BCUT2D eigenvalue weighted by atomic mass is 35.5. The predicted molar refractivity (Wildman–Crippen MR) is 125 cm³/mol. The summed E-state index contributed by atoms with van der Waals surface area (Å²) in [7, 11) is -1.32. The average molecular weight is 487 g/mol. The van der Waals surface area contributed by atoms with E-state index in [1.807, 2.05) is 18.2 Å². The van der Waals surface area contributed by atoms with Crippen molar-refractivity contribution in [3.05, 3.63) is 33.8 Å². The SMILES string of the molecule is C#CCNC(=O)CNC(=O)CN(C1CCN(C(C)c2c(Cl)cccc2Cl)CC1)S(C)=O. The third kappa shape index (κ3) is 7.48. The average Bonchev–Trinajstić information content (AvgIpc) is 2.74. The van der Waals surface area contributed by atoms with Gasteiger partial charge in [-0.15, -0.1) is 6.42 Å². The van der Waals surface area contributed by atoms with Gasteiger partial charge in [0.2, 0.25) is 11.8 Å². The van der Waals surface area contributed by atoms with Gasteiger partial charge in [-0.2, -0.15) is 0 Å². The molecule has 1 aliphatic heterocycles. The Morgan fingerprint density at radius 1 is 1.26 bits per heavy atom. The molecule has 31 heavy (non-hydrogen) atoms. The van der Waals surface area contributed by atoms with Gasteiger partial charge in [0.25, 0.3) is 0 Å². The van der Waals surface area contributed by atoms with Crippen LogP contribution in [0.3, 0.4) is 0 Å². The van der Waals surface area contributed by atoms with Gasteiger partial charge in [0.05, 0.1) is 30.6 Å². The molecule has 0 aromatic heterocycles. The summed E-state index contributed by atoms with van der Waals surface area (Å²) in [6.07, 6.45) is 8.15. The zero-order valence-corrected chi connectivity index (χ0v) is 20.0. The minimum Gasteiger partial charge on any atom is -0.346 e. The normalized spacial score (nSPS) is 17.0. The number of rotatable bonds is 9. The molecule has 2 amide bonds. The first-order valence-electron chi connectivity index (χ1n) is 9.99. The molecule has 0 bridgehead atoms. The van der Waals surface area contributed by atoms with Crippen molar-refractivity contribution in [2.45, 2.75) is 31.8 Å². The van der Waals surface area contributed by atoms with Gasteiger partial charge in [0, 0.05) is 47.0 Å². The molecule has 10 heteroatoms. The smallest absolute Gasteiger partial charge is 0.240 e. The van der Waals surface area contributed by atoms with Gasteiger partial charge in [0.1, 0.15) is 0 Å². The Morgan fingerprint density at radius 3 is 2.42 bits per heavy atom. The number of hydrogen-bond acceptors (Lipinski definition) is 4. The van der Waals surface area contributed by atoms with Crippen LogP contribution >= 0.6 is 23.2 Å². The van der Waals surface area contributed by atoms with Crippen LogP contribution in [0.4, 0.5) is 0 Å². The van der Waals surface area contributed by atoms with E-state index >= 15 is 0 Å². The Hall–Kier alpha value is -1.63. The van der Waals surface area contributed by atoms with Gasteiger partial charge in [-0.05, 0) is 31.9 Å². The van der Waals surface area contributed by atoms with Crippen molar-refractivity contribution < 1.29 is 13.8 Å². The van der Waals surface area contributed by atoms with Crippen molar-refractivity contribution in [1.29, 1.82) is 0 Å². The fourth-order valence-corrected chi connectivity index (χ4v) is 5.31. The fourth-order valence-electron chi connectivity index (χ4n) is 3.67. The number of nitrogens with one attached hydrogen (secondary N) is 2. The minimum absolute atomic E-state index is 0.00276. The third-order valence-corrected chi connectivity index (χ3v) is 7.08. The molecular weight excluding hydrogens is 459 g/mol. The zero-order chi connectivity index (χ0) is 23.0. The standard InChI is InChI=1S/C21H28Cl2N4O3S/c1-4-10-24-19(28)13-25-20(29)14-27(31(3)30)16-8-11-26(12-9-16)15(2)21-17(22)6-5-7-18(21)23/h1,5-7,15-16H,8-14H2,2-3H3,(H,24,28)(H,25,29). The van der Waals surface area contributed by atoms with Crippen molar-refractivity contribution in [1.82, 2.24) is 19.8 Å². The van der Waals surface area contributed by atoms with E-state index in [9.17, 15) is 13.8 Å². The van der Waals surface area contributed by atoms with E-state index in [0.717, 1.165) is 31.5 Å². The van der Waals surface area contributed by atoms with Crippen LogP contribution in [0.2, 0.25) is 10.0 Å². The molecule has 0 spiro atoms. The van der Waals surface area contributed by atoms with Crippen LogP contribution in [-0.4, -0.2) is 70.2 Å². The number of carbonyl (C=O) groups excluding carboxylic acids is 2. The van der Waals surface area contributed by atoms with E-state index in [1.54, 1.807) is 10.6 Å².